The van der Waals surface area contributed by atoms with Crippen molar-refractivity contribution in [3.63, 3.8) is 0 Å². The predicted octanol–water partition coefficient (Wildman–Crippen LogP) is 6.24. The van der Waals surface area contributed by atoms with Crippen LogP contribution >= 0.6 is 34.5 Å². The summed E-state index contributed by atoms with van der Waals surface area (Å²) in [5.41, 5.74) is 1.89. The van der Waals surface area contributed by atoms with Gasteiger partial charge in [-0.2, -0.15) is 0 Å². The molecular formula is C22H17Cl2N3O2S. The first-order valence-electron chi connectivity index (χ1n) is 9.25. The van der Waals surface area contributed by atoms with E-state index in [0.29, 0.717) is 27.3 Å². The van der Waals surface area contributed by atoms with Gasteiger partial charge in [0.2, 0.25) is 0 Å². The van der Waals surface area contributed by atoms with Gasteiger partial charge in [0, 0.05) is 11.2 Å². The van der Waals surface area contributed by atoms with E-state index >= 15 is 0 Å². The second kappa shape index (κ2) is 9.00. The van der Waals surface area contributed by atoms with E-state index in [0.717, 1.165) is 21.7 Å². The number of ether oxygens (including phenoxy) is 1. The summed E-state index contributed by atoms with van der Waals surface area (Å²) in [6.45, 7) is 2.78. The van der Waals surface area contributed by atoms with E-state index in [2.05, 4.69) is 9.97 Å². The van der Waals surface area contributed by atoms with E-state index in [1.165, 1.54) is 11.3 Å². The first-order chi connectivity index (χ1) is 14.5. The Bertz CT molecular complexity index is 1200. The van der Waals surface area contributed by atoms with E-state index in [1.807, 2.05) is 43.3 Å². The molecule has 0 saturated heterocycles. The van der Waals surface area contributed by atoms with Gasteiger partial charge in [-0.25, -0.2) is 4.98 Å². The molecule has 0 bridgehead atoms. The summed E-state index contributed by atoms with van der Waals surface area (Å²) in [4.78, 5) is 24.1. The van der Waals surface area contributed by atoms with Crippen LogP contribution < -0.4 is 9.64 Å². The Morgan fingerprint density at radius 1 is 1.13 bits per heavy atom. The van der Waals surface area contributed by atoms with Crippen molar-refractivity contribution in [3.05, 3.63) is 82.1 Å². The van der Waals surface area contributed by atoms with E-state index in [1.54, 1.807) is 29.3 Å². The van der Waals surface area contributed by atoms with Crippen LogP contribution in [0.4, 0.5) is 5.13 Å². The number of fused-ring (bicyclic) bond motifs is 1. The van der Waals surface area contributed by atoms with Gasteiger partial charge in [0.25, 0.3) is 5.91 Å². The lowest BCUT2D eigenvalue weighted by Gasteiger charge is -2.20. The fourth-order valence-electron chi connectivity index (χ4n) is 2.95. The van der Waals surface area contributed by atoms with Crippen LogP contribution in [0.3, 0.4) is 0 Å². The Hall–Kier alpha value is -2.67. The number of carbonyl (C=O) groups is 1. The van der Waals surface area contributed by atoms with Crippen LogP contribution in [-0.2, 0) is 6.54 Å². The monoisotopic (exact) mass is 457 g/mol. The normalized spacial score (nSPS) is 10.9. The van der Waals surface area contributed by atoms with Crippen molar-refractivity contribution in [3.8, 4) is 5.75 Å². The fourth-order valence-corrected chi connectivity index (χ4v) is 4.43. The maximum absolute atomic E-state index is 13.4. The third-order valence-electron chi connectivity index (χ3n) is 4.34. The number of amides is 1. The molecule has 0 radical (unpaired) electrons. The molecule has 5 nitrogen and oxygen atoms in total. The van der Waals surface area contributed by atoms with Crippen LogP contribution in [0.25, 0.3) is 10.2 Å². The van der Waals surface area contributed by atoms with E-state index < -0.39 is 0 Å². The Labute approximate surface area is 187 Å². The SMILES string of the molecule is CCOc1ccc2nc(N(Cc3ccccn3)C(=O)c3ccc(Cl)cc3Cl)sc2c1. The molecule has 8 heteroatoms. The van der Waals surface area contributed by atoms with Gasteiger partial charge in [0.15, 0.2) is 5.13 Å². The molecule has 0 atom stereocenters. The number of thiazole rings is 1. The van der Waals surface area contributed by atoms with Crippen LogP contribution in [0.2, 0.25) is 10.0 Å². The Balaban J connectivity index is 1.76. The molecule has 0 N–H and O–H groups in total. The summed E-state index contributed by atoms with van der Waals surface area (Å²) in [5, 5.41) is 1.31. The van der Waals surface area contributed by atoms with Crippen LogP contribution in [0.5, 0.6) is 5.75 Å². The van der Waals surface area contributed by atoms with Gasteiger partial charge in [0.1, 0.15) is 5.75 Å². The van der Waals surface area contributed by atoms with E-state index in [-0.39, 0.29) is 12.5 Å². The molecular weight excluding hydrogens is 441 g/mol. The summed E-state index contributed by atoms with van der Waals surface area (Å²) in [6.07, 6.45) is 1.69. The first-order valence-corrected chi connectivity index (χ1v) is 10.8. The minimum absolute atomic E-state index is 0.261. The Morgan fingerprint density at radius 3 is 2.73 bits per heavy atom. The molecule has 0 aliphatic carbocycles. The van der Waals surface area contributed by atoms with Gasteiger partial charge in [-0.3, -0.25) is 14.7 Å². The molecule has 2 heterocycles. The van der Waals surface area contributed by atoms with Gasteiger partial charge in [0.05, 0.1) is 39.6 Å². The molecule has 4 rings (SSSR count). The van der Waals surface area contributed by atoms with E-state index in [4.69, 9.17) is 27.9 Å². The largest absolute Gasteiger partial charge is 0.494 e. The zero-order chi connectivity index (χ0) is 21.1. The lowest BCUT2D eigenvalue weighted by atomic mass is 10.2. The third-order valence-corrected chi connectivity index (χ3v) is 5.93. The van der Waals surface area contributed by atoms with Crippen molar-refractivity contribution in [2.75, 3.05) is 11.5 Å². The molecule has 0 spiro atoms. The number of aromatic nitrogens is 2. The number of hydrogen-bond acceptors (Lipinski definition) is 5. The van der Waals surface area contributed by atoms with Crippen molar-refractivity contribution >= 4 is 55.8 Å². The lowest BCUT2D eigenvalue weighted by Crippen LogP contribution is -2.31. The Kier molecular flexibility index (Phi) is 6.18. The molecule has 0 unspecified atom stereocenters. The highest BCUT2D eigenvalue weighted by molar-refractivity contribution is 7.22. The summed E-state index contributed by atoms with van der Waals surface area (Å²) >= 11 is 13.7. The van der Waals surface area contributed by atoms with Crippen molar-refractivity contribution in [1.29, 1.82) is 0 Å². The van der Waals surface area contributed by atoms with Crippen molar-refractivity contribution in [2.45, 2.75) is 13.5 Å². The number of carbonyl (C=O) groups excluding carboxylic acids is 1. The average molecular weight is 458 g/mol. The number of halogens is 2. The fraction of sp³-hybridized carbons (Fsp3) is 0.136. The maximum Gasteiger partial charge on any atom is 0.261 e. The topological polar surface area (TPSA) is 55.3 Å². The lowest BCUT2D eigenvalue weighted by molar-refractivity contribution is 0.0985. The molecule has 0 aliphatic heterocycles. The highest BCUT2D eigenvalue weighted by Crippen LogP contribution is 2.34. The quantitative estimate of drug-likeness (QED) is 0.343. The molecule has 1 amide bonds. The molecule has 2 aromatic heterocycles. The predicted molar refractivity (Wildman–Crippen MR) is 122 cm³/mol. The molecule has 4 aromatic rings. The number of benzene rings is 2. The highest BCUT2D eigenvalue weighted by Gasteiger charge is 2.24. The third kappa shape index (κ3) is 4.41. The zero-order valence-electron chi connectivity index (χ0n) is 16.0. The van der Waals surface area contributed by atoms with Gasteiger partial charge in [-0.1, -0.05) is 40.6 Å². The molecule has 0 saturated carbocycles. The number of rotatable bonds is 6. The standard InChI is InChI=1S/C22H17Cl2N3O2S/c1-2-29-16-7-9-19-20(12-16)30-22(26-19)27(13-15-5-3-4-10-25-15)21(28)17-8-6-14(23)11-18(17)24/h3-12H,2,13H2,1H3. The Morgan fingerprint density at radius 2 is 2.00 bits per heavy atom. The van der Waals surface area contributed by atoms with Gasteiger partial charge < -0.3 is 4.74 Å². The summed E-state index contributed by atoms with van der Waals surface area (Å²) < 4.78 is 6.51. The van der Waals surface area contributed by atoms with E-state index in [9.17, 15) is 4.79 Å². The minimum atomic E-state index is -0.272. The average Bonchev–Trinajstić information content (AvgIpc) is 3.15. The smallest absolute Gasteiger partial charge is 0.261 e. The minimum Gasteiger partial charge on any atom is -0.494 e. The molecule has 0 aliphatic rings. The number of hydrogen-bond donors (Lipinski definition) is 0. The zero-order valence-corrected chi connectivity index (χ0v) is 18.3. The van der Waals surface area contributed by atoms with Gasteiger partial charge in [-0.05, 0) is 55.5 Å². The second-order valence-electron chi connectivity index (χ2n) is 6.40. The number of pyridine rings is 1. The van der Waals surface area contributed by atoms with Crippen molar-refractivity contribution in [1.82, 2.24) is 9.97 Å². The summed E-state index contributed by atoms with van der Waals surface area (Å²) in [7, 11) is 0. The van der Waals surface area contributed by atoms with Crippen LogP contribution in [0, 0.1) is 0 Å². The van der Waals surface area contributed by atoms with Gasteiger partial charge >= 0.3 is 0 Å². The molecule has 0 fully saturated rings. The van der Waals surface area contributed by atoms with Crippen LogP contribution in [0.1, 0.15) is 23.0 Å². The second-order valence-corrected chi connectivity index (χ2v) is 8.25. The molecule has 2 aromatic carbocycles. The highest BCUT2D eigenvalue weighted by atomic mass is 35.5. The summed E-state index contributed by atoms with van der Waals surface area (Å²) in [5.74, 6) is 0.495. The van der Waals surface area contributed by atoms with Crippen LogP contribution in [0.15, 0.2) is 60.8 Å². The number of anilines is 1. The number of nitrogens with zero attached hydrogens (tertiary/aromatic N) is 3. The molecule has 152 valence electrons. The maximum atomic E-state index is 13.4. The molecule has 30 heavy (non-hydrogen) atoms. The first kappa shape index (κ1) is 20.6. The van der Waals surface area contributed by atoms with Crippen molar-refractivity contribution in [2.24, 2.45) is 0 Å². The van der Waals surface area contributed by atoms with Gasteiger partial charge in [-0.15, -0.1) is 0 Å². The van der Waals surface area contributed by atoms with Crippen LogP contribution in [-0.4, -0.2) is 22.5 Å². The summed E-state index contributed by atoms with van der Waals surface area (Å²) in [6, 6.07) is 16.1. The van der Waals surface area contributed by atoms with Crippen molar-refractivity contribution < 1.29 is 9.53 Å².